The van der Waals surface area contributed by atoms with E-state index in [2.05, 4.69) is 9.47 Å². The second-order valence-corrected chi connectivity index (χ2v) is 5.89. The summed E-state index contributed by atoms with van der Waals surface area (Å²) < 4.78 is 25.2. The predicted octanol–water partition coefficient (Wildman–Crippen LogP) is 2.56. The lowest BCUT2D eigenvalue weighted by molar-refractivity contribution is -0.143. The normalized spacial score (nSPS) is 10.4. The molecule has 1 heterocycles. The molecule has 0 saturated heterocycles. The minimum absolute atomic E-state index is 0.200. The summed E-state index contributed by atoms with van der Waals surface area (Å²) in [5.74, 6) is -0.150. The standard InChI is InChI=1S/C21H18O8/c1-25-19(22)11-27-14-5-3-13(4-6-14)17-10-29-18-9-15(28-12-20(23)26-2)7-8-16(18)21(17)24/h3-10H,11-12H2,1-2H3. The van der Waals surface area contributed by atoms with Gasteiger partial charge >= 0.3 is 11.9 Å². The van der Waals surface area contributed by atoms with Crippen molar-refractivity contribution < 1.29 is 33.0 Å². The highest BCUT2D eigenvalue weighted by molar-refractivity contribution is 5.82. The maximum atomic E-state index is 12.8. The molecule has 2 aromatic carbocycles. The second-order valence-electron chi connectivity index (χ2n) is 5.89. The van der Waals surface area contributed by atoms with Crippen LogP contribution < -0.4 is 14.9 Å². The van der Waals surface area contributed by atoms with Gasteiger partial charge in [-0.05, 0) is 29.8 Å². The van der Waals surface area contributed by atoms with Gasteiger partial charge in [-0.25, -0.2) is 9.59 Å². The Balaban J connectivity index is 1.81. The molecule has 0 aliphatic carbocycles. The van der Waals surface area contributed by atoms with Crippen LogP contribution in [-0.2, 0) is 19.1 Å². The number of fused-ring (bicyclic) bond motifs is 1. The van der Waals surface area contributed by atoms with Crippen LogP contribution in [0.25, 0.3) is 22.1 Å². The number of carbonyl (C=O) groups excluding carboxylic acids is 2. The number of hydrogen-bond donors (Lipinski definition) is 0. The first kappa shape index (κ1) is 19.9. The fourth-order valence-corrected chi connectivity index (χ4v) is 2.53. The largest absolute Gasteiger partial charge is 0.482 e. The first-order valence-electron chi connectivity index (χ1n) is 8.57. The van der Waals surface area contributed by atoms with Gasteiger partial charge in [-0.3, -0.25) is 4.79 Å². The van der Waals surface area contributed by atoms with E-state index in [9.17, 15) is 14.4 Å². The van der Waals surface area contributed by atoms with E-state index < -0.39 is 11.9 Å². The molecule has 150 valence electrons. The molecule has 0 aliphatic heterocycles. The topological polar surface area (TPSA) is 101 Å². The Bertz CT molecular complexity index is 1080. The number of rotatable bonds is 7. The summed E-state index contributed by atoms with van der Waals surface area (Å²) in [4.78, 5) is 35.1. The van der Waals surface area contributed by atoms with Crippen molar-refractivity contribution in [2.75, 3.05) is 27.4 Å². The van der Waals surface area contributed by atoms with E-state index >= 15 is 0 Å². The van der Waals surface area contributed by atoms with Crippen LogP contribution in [0.3, 0.4) is 0 Å². The summed E-state index contributed by atoms with van der Waals surface area (Å²) in [6.45, 7) is -0.441. The van der Waals surface area contributed by atoms with Gasteiger partial charge in [-0.1, -0.05) is 12.1 Å². The van der Waals surface area contributed by atoms with Gasteiger partial charge in [0, 0.05) is 6.07 Å². The third-order valence-electron chi connectivity index (χ3n) is 4.08. The second kappa shape index (κ2) is 8.92. The molecule has 8 heteroatoms. The molecular weight excluding hydrogens is 380 g/mol. The summed E-state index contributed by atoms with van der Waals surface area (Å²) in [7, 11) is 2.55. The van der Waals surface area contributed by atoms with E-state index in [1.807, 2.05) is 0 Å². The SMILES string of the molecule is COC(=O)COc1ccc(-c2coc3cc(OCC(=O)OC)ccc3c2=O)cc1. The average molecular weight is 398 g/mol. The highest BCUT2D eigenvalue weighted by Crippen LogP contribution is 2.24. The number of ether oxygens (including phenoxy) is 4. The van der Waals surface area contributed by atoms with Crippen molar-refractivity contribution in [1.82, 2.24) is 0 Å². The molecule has 1 aromatic heterocycles. The Labute approximate surface area is 165 Å². The van der Waals surface area contributed by atoms with Crippen molar-refractivity contribution in [2.24, 2.45) is 0 Å². The third kappa shape index (κ3) is 4.73. The Morgan fingerprint density at radius 3 is 2.07 bits per heavy atom. The third-order valence-corrected chi connectivity index (χ3v) is 4.08. The van der Waals surface area contributed by atoms with Gasteiger partial charge in [0.05, 0.1) is 25.2 Å². The fraction of sp³-hybridized carbons (Fsp3) is 0.190. The van der Waals surface area contributed by atoms with E-state index in [1.54, 1.807) is 36.4 Å². The monoisotopic (exact) mass is 398 g/mol. The molecule has 3 aromatic rings. The van der Waals surface area contributed by atoms with Crippen LogP contribution in [0.4, 0.5) is 0 Å². The van der Waals surface area contributed by atoms with Gasteiger partial charge < -0.3 is 23.4 Å². The molecule has 8 nitrogen and oxygen atoms in total. The lowest BCUT2D eigenvalue weighted by atomic mass is 10.1. The maximum Gasteiger partial charge on any atom is 0.343 e. The molecule has 0 bridgehead atoms. The molecule has 3 rings (SSSR count). The van der Waals surface area contributed by atoms with Gasteiger partial charge in [0.15, 0.2) is 18.6 Å². The molecule has 0 fully saturated rings. The van der Waals surface area contributed by atoms with Crippen molar-refractivity contribution in [3.8, 4) is 22.6 Å². The zero-order valence-electron chi connectivity index (χ0n) is 15.8. The van der Waals surface area contributed by atoms with Gasteiger partial charge in [-0.2, -0.15) is 0 Å². The predicted molar refractivity (Wildman–Crippen MR) is 103 cm³/mol. The summed E-state index contributed by atoms with van der Waals surface area (Å²) >= 11 is 0. The molecule has 0 unspecified atom stereocenters. The Kier molecular flexibility index (Phi) is 6.13. The molecular formula is C21H18O8. The lowest BCUT2D eigenvalue weighted by Gasteiger charge is -2.08. The Morgan fingerprint density at radius 1 is 0.862 bits per heavy atom. The minimum atomic E-state index is -0.513. The van der Waals surface area contributed by atoms with E-state index in [1.165, 1.54) is 26.5 Å². The van der Waals surface area contributed by atoms with Crippen LogP contribution in [0, 0.1) is 0 Å². The van der Waals surface area contributed by atoms with Gasteiger partial charge in [-0.15, -0.1) is 0 Å². The van der Waals surface area contributed by atoms with Crippen LogP contribution in [0.15, 0.2) is 57.9 Å². The van der Waals surface area contributed by atoms with Crippen LogP contribution >= 0.6 is 0 Å². The Morgan fingerprint density at radius 2 is 1.45 bits per heavy atom. The minimum Gasteiger partial charge on any atom is -0.482 e. The number of benzene rings is 2. The molecule has 0 N–H and O–H groups in total. The van der Waals surface area contributed by atoms with Crippen molar-refractivity contribution in [2.45, 2.75) is 0 Å². The molecule has 0 radical (unpaired) electrons. The van der Waals surface area contributed by atoms with E-state index in [-0.39, 0.29) is 18.6 Å². The number of methoxy groups -OCH3 is 2. The van der Waals surface area contributed by atoms with Crippen LogP contribution in [0.2, 0.25) is 0 Å². The van der Waals surface area contributed by atoms with Crippen molar-refractivity contribution >= 4 is 22.9 Å². The zero-order chi connectivity index (χ0) is 20.8. The highest BCUT2D eigenvalue weighted by Gasteiger charge is 2.11. The van der Waals surface area contributed by atoms with Crippen molar-refractivity contribution in [3.05, 3.63) is 59.0 Å². The summed E-state index contributed by atoms with van der Waals surface area (Å²) in [6, 6.07) is 11.4. The number of esters is 2. The van der Waals surface area contributed by atoms with Crippen molar-refractivity contribution in [3.63, 3.8) is 0 Å². The molecule has 29 heavy (non-hydrogen) atoms. The van der Waals surface area contributed by atoms with Crippen LogP contribution in [0.1, 0.15) is 0 Å². The average Bonchev–Trinajstić information content (AvgIpc) is 2.76. The number of hydrogen-bond acceptors (Lipinski definition) is 8. The van der Waals surface area contributed by atoms with E-state index in [0.29, 0.717) is 33.6 Å². The Hall–Kier alpha value is -3.81. The van der Waals surface area contributed by atoms with Gasteiger partial charge in [0.2, 0.25) is 0 Å². The molecule has 0 amide bonds. The van der Waals surface area contributed by atoms with Gasteiger partial charge in [0.25, 0.3) is 0 Å². The lowest BCUT2D eigenvalue weighted by Crippen LogP contribution is -2.12. The van der Waals surface area contributed by atoms with Crippen LogP contribution in [-0.4, -0.2) is 39.4 Å². The van der Waals surface area contributed by atoms with E-state index in [4.69, 9.17) is 13.9 Å². The summed E-state index contributed by atoms with van der Waals surface area (Å²) in [5, 5.41) is 0.374. The van der Waals surface area contributed by atoms with Gasteiger partial charge in [0.1, 0.15) is 23.3 Å². The van der Waals surface area contributed by atoms with Crippen LogP contribution in [0.5, 0.6) is 11.5 Å². The smallest absolute Gasteiger partial charge is 0.343 e. The molecule has 0 aliphatic rings. The summed E-state index contributed by atoms with van der Waals surface area (Å²) in [6.07, 6.45) is 1.36. The van der Waals surface area contributed by atoms with E-state index in [0.717, 1.165) is 0 Å². The molecule has 0 atom stereocenters. The fourth-order valence-electron chi connectivity index (χ4n) is 2.53. The first-order valence-corrected chi connectivity index (χ1v) is 8.57. The number of carbonyl (C=O) groups is 2. The molecule has 0 spiro atoms. The summed E-state index contributed by atoms with van der Waals surface area (Å²) in [5.41, 5.74) is 1.13. The van der Waals surface area contributed by atoms with Crippen molar-refractivity contribution in [1.29, 1.82) is 0 Å². The zero-order valence-corrected chi connectivity index (χ0v) is 15.8. The molecule has 0 saturated carbocycles. The quantitative estimate of drug-likeness (QED) is 0.560. The highest BCUT2D eigenvalue weighted by atomic mass is 16.6. The maximum absolute atomic E-state index is 12.8. The first-order chi connectivity index (χ1) is 14.0.